The molecule has 0 amide bonds. The third-order valence-corrected chi connectivity index (χ3v) is 5.19. The summed E-state index contributed by atoms with van der Waals surface area (Å²) in [6, 6.07) is 4.17. The molecule has 0 saturated heterocycles. The molecular formula is C22H38IN3O3. The Hall–Kier alpha value is -1.22. The number of rotatable bonds is 9. The van der Waals surface area contributed by atoms with Crippen LogP contribution in [0.1, 0.15) is 44.7 Å². The van der Waals surface area contributed by atoms with Crippen LogP contribution >= 0.6 is 24.0 Å². The molecule has 166 valence electrons. The molecule has 2 rings (SSSR count). The van der Waals surface area contributed by atoms with E-state index in [1.165, 1.54) is 11.1 Å². The smallest absolute Gasteiger partial charge is 0.194 e. The zero-order valence-corrected chi connectivity index (χ0v) is 20.9. The van der Waals surface area contributed by atoms with Crippen molar-refractivity contribution in [2.45, 2.75) is 46.6 Å². The van der Waals surface area contributed by atoms with Crippen molar-refractivity contribution in [1.82, 2.24) is 10.2 Å². The molecule has 6 nitrogen and oxygen atoms in total. The van der Waals surface area contributed by atoms with E-state index < -0.39 is 0 Å². The van der Waals surface area contributed by atoms with Crippen LogP contribution in [0.25, 0.3) is 0 Å². The van der Waals surface area contributed by atoms with Crippen LogP contribution in [0.2, 0.25) is 0 Å². The van der Waals surface area contributed by atoms with Gasteiger partial charge in [-0.2, -0.15) is 0 Å². The molecule has 0 saturated carbocycles. The molecule has 1 atom stereocenters. The van der Waals surface area contributed by atoms with Crippen LogP contribution in [0.15, 0.2) is 17.1 Å². The number of nitrogens with zero attached hydrogens (tertiary/aromatic N) is 2. The summed E-state index contributed by atoms with van der Waals surface area (Å²) >= 11 is 0. The number of nitrogens with one attached hydrogen (secondary N) is 1. The van der Waals surface area contributed by atoms with Crippen LogP contribution in [0.5, 0.6) is 11.5 Å². The molecule has 0 spiro atoms. The van der Waals surface area contributed by atoms with E-state index in [0.717, 1.165) is 62.9 Å². The fourth-order valence-electron chi connectivity index (χ4n) is 3.84. The van der Waals surface area contributed by atoms with Crippen molar-refractivity contribution in [1.29, 1.82) is 0 Å². The second-order valence-corrected chi connectivity index (χ2v) is 7.85. The molecule has 7 heteroatoms. The van der Waals surface area contributed by atoms with Crippen molar-refractivity contribution in [2.24, 2.45) is 16.8 Å². The van der Waals surface area contributed by atoms with Gasteiger partial charge in [0.05, 0.1) is 14.2 Å². The highest BCUT2D eigenvalue weighted by Crippen LogP contribution is 2.33. The van der Waals surface area contributed by atoms with Crippen molar-refractivity contribution < 1.29 is 14.6 Å². The van der Waals surface area contributed by atoms with Crippen LogP contribution in [-0.4, -0.2) is 56.4 Å². The molecule has 0 aliphatic carbocycles. The lowest BCUT2D eigenvalue weighted by Crippen LogP contribution is -2.44. The lowest BCUT2D eigenvalue weighted by molar-refractivity contribution is 0.245. The molecule has 0 bridgehead atoms. The maximum atomic E-state index is 9.37. The standard InChI is InChI=1S/C22H37N3O3.HI/c1-6-23-22(24-14-17(8-10-26)11-16(2)3)25-9-7-18-12-20(27-4)21(28-5)13-19(18)15-25;/h12-13,16-17,26H,6-11,14-15H2,1-5H3,(H,23,24);1H. The Labute approximate surface area is 193 Å². The molecule has 29 heavy (non-hydrogen) atoms. The number of guanidine groups is 1. The van der Waals surface area contributed by atoms with Gasteiger partial charge in [-0.25, -0.2) is 0 Å². The lowest BCUT2D eigenvalue weighted by atomic mass is 9.94. The minimum atomic E-state index is 0. The van der Waals surface area contributed by atoms with Gasteiger partial charge in [-0.3, -0.25) is 4.99 Å². The molecule has 1 unspecified atom stereocenters. The Morgan fingerprint density at radius 2 is 1.86 bits per heavy atom. The Bertz CT molecular complexity index is 652. The monoisotopic (exact) mass is 519 g/mol. The largest absolute Gasteiger partial charge is 0.493 e. The number of ether oxygens (including phenoxy) is 2. The molecule has 0 radical (unpaired) electrons. The van der Waals surface area contributed by atoms with Crippen molar-refractivity contribution in [2.75, 3.05) is 40.5 Å². The summed E-state index contributed by atoms with van der Waals surface area (Å²) in [6.45, 7) is 10.1. The summed E-state index contributed by atoms with van der Waals surface area (Å²) in [5, 5.41) is 12.8. The minimum absolute atomic E-state index is 0. The topological polar surface area (TPSA) is 66.3 Å². The molecule has 0 fully saturated rings. The number of aliphatic imine (C=N–C) groups is 1. The van der Waals surface area contributed by atoms with Crippen LogP contribution in [0, 0.1) is 11.8 Å². The van der Waals surface area contributed by atoms with E-state index in [-0.39, 0.29) is 30.6 Å². The first-order chi connectivity index (χ1) is 13.5. The summed E-state index contributed by atoms with van der Waals surface area (Å²) in [7, 11) is 3.35. The van der Waals surface area contributed by atoms with Crippen LogP contribution < -0.4 is 14.8 Å². The maximum Gasteiger partial charge on any atom is 0.194 e. The first-order valence-electron chi connectivity index (χ1n) is 10.4. The summed E-state index contributed by atoms with van der Waals surface area (Å²) in [5.41, 5.74) is 2.56. The first-order valence-corrected chi connectivity index (χ1v) is 10.4. The number of hydrogen-bond acceptors (Lipinski definition) is 4. The number of halogens is 1. The zero-order chi connectivity index (χ0) is 20.5. The molecular weight excluding hydrogens is 481 g/mol. The quantitative estimate of drug-likeness (QED) is 0.296. The van der Waals surface area contributed by atoms with Gasteiger partial charge in [-0.05, 0) is 61.3 Å². The number of benzene rings is 1. The van der Waals surface area contributed by atoms with Crippen molar-refractivity contribution >= 4 is 29.9 Å². The van der Waals surface area contributed by atoms with Crippen molar-refractivity contribution in [3.05, 3.63) is 23.3 Å². The molecule has 1 aliphatic heterocycles. The average molecular weight is 519 g/mol. The number of methoxy groups -OCH3 is 2. The van der Waals surface area contributed by atoms with Gasteiger partial charge in [0.15, 0.2) is 17.5 Å². The average Bonchev–Trinajstić information content (AvgIpc) is 2.69. The van der Waals surface area contributed by atoms with Crippen molar-refractivity contribution in [3.8, 4) is 11.5 Å². The molecule has 2 N–H and O–H groups in total. The highest BCUT2D eigenvalue weighted by molar-refractivity contribution is 14.0. The summed E-state index contributed by atoms with van der Waals surface area (Å²) < 4.78 is 10.9. The summed E-state index contributed by atoms with van der Waals surface area (Å²) in [4.78, 5) is 7.23. The van der Waals surface area contributed by atoms with Gasteiger partial charge in [0.25, 0.3) is 0 Å². The third kappa shape index (κ3) is 7.51. The van der Waals surface area contributed by atoms with Crippen LogP contribution in [0.3, 0.4) is 0 Å². The van der Waals surface area contributed by atoms with Gasteiger partial charge < -0.3 is 24.8 Å². The van der Waals surface area contributed by atoms with Crippen LogP contribution in [-0.2, 0) is 13.0 Å². The molecule has 0 aromatic heterocycles. The number of aliphatic hydroxyl groups excluding tert-OH is 1. The molecule has 1 aromatic carbocycles. The normalized spacial score (nSPS) is 14.9. The van der Waals surface area contributed by atoms with E-state index in [1.807, 2.05) is 0 Å². The fourth-order valence-corrected chi connectivity index (χ4v) is 3.84. The Balaban J connectivity index is 0.00000420. The highest BCUT2D eigenvalue weighted by Gasteiger charge is 2.22. The Morgan fingerprint density at radius 1 is 1.21 bits per heavy atom. The second-order valence-electron chi connectivity index (χ2n) is 7.85. The van der Waals surface area contributed by atoms with E-state index in [4.69, 9.17) is 14.5 Å². The first kappa shape index (κ1) is 25.8. The molecule has 1 aliphatic rings. The van der Waals surface area contributed by atoms with E-state index in [0.29, 0.717) is 11.8 Å². The number of fused-ring (bicyclic) bond motifs is 1. The highest BCUT2D eigenvalue weighted by atomic mass is 127. The number of aliphatic hydroxyl groups is 1. The molecule has 1 aromatic rings. The van der Waals surface area contributed by atoms with Crippen molar-refractivity contribution in [3.63, 3.8) is 0 Å². The second kappa shape index (κ2) is 13.2. The van der Waals surface area contributed by atoms with E-state index in [1.54, 1.807) is 14.2 Å². The molecule has 1 heterocycles. The minimum Gasteiger partial charge on any atom is -0.493 e. The van der Waals surface area contributed by atoms with E-state index >= 15 is 0 Å². The summed E-state index contributed by atoms with van der Waals surface area (Å²) in [5.74, 6) is 3.54. The fraction of sp³-hybridized carbons (Fsp3) is 0.682. The number of hydrogen-bond donors (Lipinski definition) is 2. The SMILES string of the molecule is CCNC(=NCC(CCO)CC(C)C)N1CCc2cc(OC)c(OC)cc2C1.I. The van der Waals surface area contributed by atoms with Gasteiger partial charge in [0.2, 0.25) is 0 Å². The predicted molar refractivity (Wildman–Crippen MR) is 130 cm³/mol. The predicted octanol–water partition coefficient (Wildman–Crippen LogP) is 3.69. The maximum absolute atomic E-state index is 9.37. The van der Waals surface area contributed by atoms with Crippen LogP contribution in [0.4, 0.5) is 0 Å². The van der Waals surface area contributed by atoms with Gasteiger partial charge in [0.1, 0.15) is 0 Å². The van der Waals surface area contributed by atoms with Gasteiger partial charge in [-0.1, -0.05) is 13.8 Å². The van der Waals surface area contributed by atoms with E-state index in [2.05, 4.69) is 43.1 Å². The van der Waals surface area contributed by atoms with Gasteiger partial charge in [-0.15, -0.1) is 24.0 Å². The van der Waals surface area contributed by atoms with Gasteiger partial charge >= 0.3 is 0 Å². The van der Waals surface area contributed by atoms with E-state index in [9.17, 15) is 5.11 Å². The summed E-state index contributed by atoms with van der Waals surface area (Å²) in [6.07, 6.45) is 2.84. The zero-order valence-electron chi connectivity index (χ0n) is 18.5. The van der Waals surface area contributed by atoms with Gasteiger partial charge in [0, 0.05) is 32.8 Å². The third-order valence-electron chi connectivity index (χ3n) is 5.19. The Kier molecular flexibility index (Phi) is 11.7. The Morgan fingerprint density at radius 3 is 2.41 bits per heavy atom. The lowest BCUT2D eigenvalue weighted by Gasteiger charge is -2.32.